The molecule has 6 nitrogen and oxygen atoms in total. The Morgan fingerprint density at radius 1 is 1.41 bits per heavy atom. The standard InChI is InChI=1S/C11H15N3O3/c1-16-11(15)9-2-3-10(14-13-9)12-8-4-6-17-7-5-8/h2-3,8H,4-7H2,1H3,(H,12,14). The van der Waals surface area contributed by atoms with Crippen molar-refractivity contribution >= 4 is 11.8 Å². The Morgan fingerprint density at radius 3 is 2.76 bits per heavy atom. The van der Waals surface area contributed by atoms with Crippen molar-refractivity contribution in [3.8, 4) is 0 Å². The van der Waals surface area contributed by atoms with Crippen molar-refractivity contribution < 1.29 is 14.3 Å². The Bertz CT molecular complexity index is 374. The number of carbonyl (C=O) groups is 1. The number of anilines is 1. The van der Waals surface area contributed by atoms with Crippen LogP contribution < -0.4 is 5.32 Å². The summed E-state index contributed by atoms with van der Waals surface area (Å²) in [6.45, 7) is 1.54. The highest BCUT2D eigenvalue weighted by Gasteiger charge is 2.14. The summed E-state index contributed by atoms with van der Waals surface area (Å²) in [5, 5.41) is 11.0. The van der Waals surface area contributed by atoms with Crippen LogP contribution in [-0.4, -0.2) is 42.5 Å². The summed E-state index contributed by atoms with van der Waals surface area (Å²) in [5.41, 5.74) is 0.213. The maximum atomic E-state index is 11.2. The van der Waals surface area contributed by atoms with Crippen molar-refractivity contribution in [3.05, 3.63) is 17.8 Å². The van der Waals surface area contributed by atoms with Crippen LogP contribution in [0.4, 0.5) is 5.82 Å². The molecular weight excluding hydrogens is 222 g/mol. The van der Waals surface area contributed by atoms with Crippen LogP contribution in [0.1, 0.15) is 23.3 Å². The van der Waals surface area contributed by atoms with Crippen molar-refractivity contribution in [2.24, 2.45) is 0 Å². The second kappa shape index (κ2) is 5.58. The first kappa shape index (κ1) is 11.8. The maximum absolute atomic E-state index is 11.2. The van der Waals surface area contributed by atoms with E-state index in [0.717, 1.165) is 26.1 Å². The Balaban J connectivity index is 1.95. The van der Waals surface area contributed by atoms with E-state index in [1.807, 2.05) is 0 Å². The highest BCUT2D eigenvalue weighted by Crippen LogP contribution is 2.12. The number of carbonyl (C=O) groups excluding carboxylic acids is 1. The predicted octanol–water partition coefficient (Wildman–Crippen LogP) is 0.854. The molecular formula is C11H15N3O3. The van der Waals surface area contributed by atoms with Gasteiger partial charge in [0, 0.05) is 19.3 Å². The van der Waals surface area contributed by atoms with Gasteiger partial charge in [-0.2, -0.15) is 0 Å². The van der Waals surface area contributed by atoms with Gasteiger partial charge in [-0.3, -0.25) is 0 Å². The van der Waals surface area contributed by atoms with Gasteiger partial charge < -0.3 is 14.8 Å². The van der Waals surface area contributed by atoms with Gasteiger partial charge in [0.05, 0.1) is 7.11 Å². The van der Waals surface area contributed by atoms with Gasteiger partial charge in [0.25, 0.3) is 0 Å². The van der Waals surface area contributed by atoms with E-state index in [1.54, 1.807) is 12.1 Å². The van der Waals surface area contributed by atoms with Gasteiger partial charge in [0.2, 0.25) is 0 Å². The smallest absolute Gasteiger partial charge is 0.358 e. The molecule has 0 atom stereocenters. The van der Waals surface area contributed by atoms with Crippen molar-refractivity contribution in [1.29, 1.82) is 0 Å². The molecule has 1 aliphatic heterocycles. The number of rotatable bonds is 3. The Hall–Kier alpha value is -1.69. The van der Waals surface area contributed by atoms with Crippen LogP contribution in [0.15, 0.2) is 12.1 Å². The van der Waals surface area contributed by atoms with E-state index in [-0.39, 0.29) is 5.69 Å². The molecule has 6 heteroatoms. The van der Waals surface area contributed by atoms with Crippen LogP contribution in [0.3, 0.4) is 0 Å². The van der Waals surface area contributed by atoms with E-state index in [9.17, 15) is 4.79 Å². The number of aromatic nitrogens is 2. The van der Waals surface area contributed by atoms with E-state index in [1.165, 1.54) is 7.11 Å². The highest BCUT2D eigenvalue weighted by atomic mass is 16.5. The molecule has 1 saturated heterocycles. The largest absolute Gasteiger partial charge is 0.464 e. The van der Waals surface area contributed by atoms with E-state index >= 15 is 0 Å². The topological polar surface area (TPSA) is 73.3 Å². The summed E-state index contributed by atoms with van der Waals surface area (Å²) in [6.07, 6.45) is 1.92. The van der Waals surface area contributed by atoms with Gasteiger partial charge in [0.1, 0.15) is 5.82 Å². The minimum absolute atomic E-state index is 0.213. The summed E-state index contributed by atoms with van der Waals surface area (Å²) in [5.74, 6) is 0.194. The van der Waals surface area contributed by atoms with Crippen LogP contribution in [0.25, 0.3) is 0 Å². The average molecular weight is 237 g/mol. The van der Waals surface area contributed by atoms with Gasteiger partial charge in [-0.15, -0.1) is 10.2 Å². The zero-order valence-corrected chi connectivity index (χ0v) is 9.68. The molecule has 0 spiro atoms. The molecule has 0 radical (unpaired) electrons. The van der Waals surface area contributed by atoms with Crippen molar-refractivity contribution in [1.82, 2.24) is 10.2 Å². The molecule has 1 fully saturated rings. The fourth-order valence-electron chi connectivity index (χ4n) is 1.67. The van der Waals surface area contributed by atoms with Crippen molar-refractivity contribution in [3.63, 3.8) is 0 Å². The summed E-state index contributed by atoms with van der Waals surface area (Å²) in [6, 6.07) is 3.69. The first-order valence-electron chi connectivity index (χ1n) is 5.56. The zero-order chi connectivity index (χ0) is 12.1. The van der Waals surface area contributed by atoms with E-state index in [0.29, 0.717) is 11.9 Å². The quantitative estimate of drug-likeness (QED) is 0.786. The molecule has 17 heavy (non-hydrogen) atoms. The molecule has 0 bridgehead atoms. The summed E-state index contributed by atoms with van der Waals surface area (Å²) < 4.78 is 9.81. The van der Waals surface area contributed by atoms with Gasteiger partial charge in [-0.05, 0) is 25.0 Å². The molecule has 0 amide bonds. The summed E-state index contributed by atoms with van der Waals surface area (Å²) in [7, 11) is 1.32. The van der Waals surface area contributed by atoms with Crippen molar-refractivity contribution in [2.75, 3.05) is 25.6 Å². The van der Waals surface area contributed by atoms with Gasteiger partial charge in [-0.1, -0.05) is 0 Å². The highest BCUT2D eigenvalue weighted by molar-refractivity contribution is 5.86. The van der Waals surface area contributed by atoms with Gasteiger partial charge >= 0.3 is 5.97 Å². The van der Waals surface area contributed by atoms with Crippen LogP contribution in [0.5, 0.6) is 0 Å². The van der Waals surface area contributed by atoms with Crippen molar-refractivity contribution in [2.45, 2.75) is 18.9 Å². The lowest BCUT2D eigenvalue weighted by atomic mass is 10.1. The molecule has 0 aliphatic carbocycles. The lowest BCUT2D eigenvalue weighted by Gasteiger charge is -2.23. The second-order valence-electron chi connectivity index (χ2n) is 3.83. The second-order valence-corrected chi connectivity index (χ2v) is 3.83. The van der Waals surface area contributed by atoms with E-state index < -0.39 is 5.97 Å². The third-order valence-electron chi connectivity index (χ3n) is 2.63. The molecule has 2 rings (SSSR count). The number of hydrogen-bond acceptors (Lipinski definition) is 6. The Morgan fingerprint density at radius 2 is 2.18 bits per heavy atom. The minimum atomic E-state index is -0.477. The molecule has 1 aliphatic rings. The minimum Gasteiger partial charge on any atom is -0.464 e. The molecule has 92 valence electrons. The molecule has 1 aromatic heterocycles. The molecule has 0 aromatic carbocycles. The summed E-state index contributed by atoms with van der Waals surface area (Å²) >= 11 is 0. The lowest BCUT2D eigenvalue weighted by molar-refractivity contribution is 0.0593. The first-order chi connectivity index (χ1) is 8.29. The first-order valence-corrected chi connectivity index (χ1v) is 5.56. The Kier molecular flexibility index (Phi) is 3.87. The van der Waals surface area contributed by atoms with Crippen LogP contribution in [-0.2, 0) is 9.47 Å². The lowest BCUT2D eigenvalue weighted by Crippen LogP contribution is -2.28. The number of nitrogens with zero attached hydrogens (tertiary/aromatic N) is 2. The summed E-state index contributed by atoms with van der Waals surface area (Å²) in [4.78, 5) is 11.2. The molecule has 2 heterocycles. The predicted molar refractivity (Wildman–Crippen MR) is 60.8 cm³/mol. The van der Waals surface area contributed by atoms with Gasteiger partial charge in [0.15, 0.2) is 5.69 Å². The van der Waals surface area contributed by atoms with E-state index in [2.05, 4.69) is 20.3 Å². The third-order valence-corrected chi connectivity index (χ3v) is 2.63. The third kappa shape index (κ3) is 3.13. The molecule has 1 N–H and O–H groups in total. The SMILES string of the molecule is COC(=O)c1ccc(NC2CCOCC2)nn1. The maximum Gasteiger partial charge on any atom is 0.358 e. The van der Waals surface area contributed by atoms with Crippen LogP contribution in [0, 0.1) is 0 Å². The molecule has 0 saturated carbocycles. The average Bonchev–Trinajstić information content (AvgIpc) is 2.40. The number of methoxy groups -OCH3 is 1. The zero-order valence-electron chi connectivity index (χ0n) is 9.68. The molecule has 0 unspecified atom stereocenters. The fraction of sp³-hybridized carbons (Fsp3) is 0.545. The van der Waals surface area contributed by atoms with Crippen LogP contribution in [0.2, 0.25) is 0 Å². The number of ether oxygens (including phenoxy) is 2. The van der Waals surface area contributed by atoms with Crippen LogP contribution >= 0.6 is 0 Å². The number of nitrogens with one attached hydrogen (secondary N) is 1. The Labute approximate surface area is 99.3 Å². The molecule has 1 aromatic rings. The number of esters is 1. The normalized spacial score (nSPS) is 16.5. The van der Waals surface area contributed by atoms with E-state index in [4.69, 9.17) is 4.74 Å². The monoisotopic (exact) mass is 237 g/mol. The number of hydrogen-bond donors (Lipinski definition) is 1. The fourth-order valence-corrected chi connectivity index (χ4v) is 1.67. The van der Waals surface area contributed by atoms with Gasteiger partial charge in [-0.25, -0.2) is 4.79 Å².